The number of nitrogens with zero attached hydrogens (tertiary/aromatic N) is 3. The van der Waals surface area contributed by atoms with Crippen LogP contribution in [0.4, 0.5) is 17.1 Å². The molecule has 0 fully saturated rings. The van der Waals surface area contributed by atoms with E-state index in [0.717, 1.165) is 54.8 Å². The van der Waals surface area contributed by atoms with E-state index in [2.05, 4.69) is 88.7 Å². The first kappa shape index (κ1) is 27.2. The van der Waals surface area contributed by atoms with E-state index in [-0.39, 0.29) is 0 Å². The van der Waals surface area contributed by atoms with Crippen LogP contribution in [0.3, 0.4) is 0 Å². The van der Waals surface area contributed by atoms with Crippen LogP contribution in [-0.2, 0) is 0 Å². The zero-order valence-corrected chi connectivity index (χ0v) is 24.6. The van der Waals surface area contributed by atoms with Gasteiger partial charge in [-0.05, 0) is 76.9 Å². The Morgan fingerprint density at radius 2 is 1.20 bits per heavy atom. The van der Waals surface area contributed by atoms with E-state index in [9.17, 15) is 5.26 Å². The first-order chi connectivity index (χ1) is 21.8. The Kier molecular flexibility index (Phi) is 7.61. The maximum absolute atomic E-state index is 10.1. The fourth-order valence-electron chi connectivity index (χ4n) is 5.32. The number of aromatic nitrogens is 1. The Labute approximate surface area is 260 Å². The Bertz CT molecular complexity index is 1910. The number of anilines is 3. The summed E-state index contributed by atoms with van der Waals surface area (Å²) in [6, 6.07) is 43.5. The second kappa shape index (κ2) is 12.3. The molecule has 5 nitrogen and oxygen atoms in total. The molecule has 6 aromatic rings. The van der Waals surface area contributed by atoms with Crippen molar-refractivity contribution in [1.29, 1.82) is 5.26 Å². The summed E-state index contributed by atoms with van der Waals surface area (Å²) in [4.78, 5) is 8.18. The van der Waals surface area contributed by atoms with Crippen LogP contribution < -0.4 is 14.4 Å². The topological polar surface area (TPSA) is 58.4 Å². The van der Waals surface area contributed by atoms with Crippen LogP contribution in [-0.4, -0.2) is 18.2 Å². The van der Waals surface area contributed by atoms with Crippen LogP contribution in [0.25, 0.3) is 33.2 Å². The summed E-state index contributed by atoms with van der Waals surface area (Å²) in [5.41, 5.74) is 7.81. The van der Waals surface area contributed by atoms with Gasteiger partial charge in [0.05, 0.1) is 21.4 Å². The van der Waals surface area contributed by atoms with Gasteiger partial charge < -0.3 is 14.4 Å². The molecule has 0 amide bonds. The van der Waals surface area contributed by atoms with Gasteiger partial charge in [0.1, 0.15) is 13.2 Å². The molecule has 1 aliphatic rings. The second-order valence-electron chi connectivity index (χ2n) is 10.2. The zero-order chi connectivity index (χ0) is 29.7. The number of thiophene rings is 1. The van der Waals surface area contributed by atoms with Gasteiger partial charge in [-0.25, -0.2) is 0 Å². The van der Waals surface area contributed by atoms with E-state index < -0.39 is 0 Å². The average Bonchev–Trinajstić information content (AvgIpc) is 3.47. The van der Waals surface area contributed by atoms with Crippen molar-refractivity contribution in [3.05, 3.63) is 144 Å². The number of benzene rings is 4. The Balaban J connectivity index is 1.23. The Hall–Kier alpha value is -5.64. The normalized spacial score (nSPS) is 12.4. The summed E-state index contributed by atoms with van der Waals surface area (Å²) in [7, 11) is 0. The van der Waals surface area contributed by atoms with Crippen LogP contribution in [0.1, 0.15) is 10.4 Å². The summed E-state index contributed by atoms with van der Waals surface area (Å²) >= 11 is 1.58. The molecule has 212 valence electrons. The predicted molar refractivity (Wildman–Crippen MR) is 179 cm³/mol. The fourth-order valence-corrected chi connectivity index (χ4v) is 6.46. The molecular formula is C38H27N3O2S. The number of hydrogen-bond donors (Lipinski definition) is 0. The monoisotopic (exact) mass is 589 g/mol. The smallest absolute Gasteiger partial charge is 0.180 e. The molecule has 6 heteroatoms. The van der Waals surface area contributed by atoms with Crippen LogP contribution in [0, 0.1) is 11.3 Å². The number of rotatable bonds is 7. The van der Waals surface area contributed by atoms with Gasteiger partial charge in [-0.15, -0.1) is 11.3 Å². The third-order valence-electron chi connectivity index (χ3n) is 7.45. The molecule has 44 heavy (non-hydrogen) atoms. The number of para-hydroxylation sites is 2. The van der Waals surface area contributed by atoms with Crippen molar-refractivity contribution in [3.63, 3.8) is 0 Å². The summed E-state index contributed by atoms with van der Waals surface area (Å²) in [6.07, 6.45) is 5.46. The number of hydrogen-bond acceptors (Lipinski definition) is 6. The lowest BCUT2D eigenvalue weighted by Crippen LogP contribution is -2.15. The largest absolute Gasteiger partial charge is 0.485 e. The molecule has 0 radical (unpaired) electrons. The van der Waals surface area contributed by atoms with E-state index in [0.29, 0.717) is 24.5 Å². The van der Waals surface area contributed by atoms with E-state index in [1.54, 1.807) is 23.7 Å². The average molecular weight is 590 g/mol. The first-order valence-corrected chi connectivity index (χ1v) is 15.2. The number of nitriles is 1. The maximum atomic E-state index is 10.1. The quantitative estimate of drug-likeness (QED) is 0.174. The van der Waals surface area contributed by atoms with Crippen LogP contribution in [0.5, 0.6) is 11.5 Å². The predicted octanol–water partition coefficient (Wildman–Crippen LogP) is 9.78. The molecule has 4 aromatic carbocycles. The van der Waals surface area contributed by atoms with Crippen molar-refractivity contribution < 1.29 is 9.47 Å². The molecule has 0 aliphatic carbocycles. The Morgan fingerprint density at radius 3 is 1.82 bits per heavy atom. The molecule has 1 aliphatic heterocycles. The highest BCUT2D eigenvalue weighted by atomic mass is 32.1. The first-order valence-electron chi connectivity index (χ1n) is 14.3. The summed E-state index contributed by atoms with van der Waals surface area (Å²) < 4.78 is 12.3. The third-order valence-corrected chi connectivity index (χ3v) is 8.59. The van der Waals surface area contributed by atoms with E-state index in [1.807, 2.05) is 54.6 Å². The minimum atomic E-state index is 0.467. The lowest BCUT2D eigenvalue weighted by molar-refractivity contribution is 0.174. The minimum Gasteiger partial charge on any atom is -0.485 e. The molecule has 0 spiro atoms. The van der Waals surface area contributed by atoms with Gasteiger partial charge >= 0.3 is 0 Å². The third kappa shape index (κ3) is 5.45. The van der Waals surface area contributed by atoms with Crippen molar-refractivity contribution in [3.8, 4) is 39.1 Å². The molecule has 0 saturated heterocycles. The summed E-state index contributed by atoms with van der Waals surface area (Å²) in [5.74, 6) is 1.42. The van der Waals surface area contributed by atoms with Crippen molar-refractivity contribution in [2.24, 2.45) is 0 Å². The van der Waals surface area contributed by atoms with E-state index in [1.165, 1.54) is 0 Å². The van der Waals surface area contributed by atoms with E-state index in [4.69, 9.17) is 9.47 Å². The van der Waals surface area contributed by atoms with Crippen molar-refractivity contribution in [2.45, 2.75) is 0 Å². The SMILES string of the molecule is N#C/C(=C\c1sc(-c2ccc(N(c3ccccc3)c3ccccc3)cc2)c2c1OCCO2)c1ccc(-c2ccncc2)cc1. The molecule has 0 unspecified atom stereocenters. The molecule has 7 rings (SSSR count). The van der Waals surface area contributed by atoms with Gasteiger partial charge in [-0.3, -0.25) is 4.98 Å². The van der Waals surface area contributed by atoms with Crippen LogP contribution in [0.15, 0.2) is 134 Å². The number of allylic oxidation sites excluding steroid dienone is 1. The van der Waals surface area contributed by atoms with Gasteiger partial charge in [0, 0.05) is 29.5 Å². The molecular weight excluding hydrogens is 563 g/mol. The standard InChI is InChI=1S/C38H27N3O2S/c39-26-31(28-13-11-27(12-14-28)29-19-21-40-22-20-29)25-35-36-37(43-24-23-42-36)38(44-35)30-15-17-34(18-16-30)41(32-7-3-1-4-8-32)33-9-5-2-6-10-33/h1-22,25H,23-24H2/b31-25+. The van der Waals surface area contributed by atoms with Crippen molar-refractivity contribution in [1.82, 2.24) is 4.98 Å². The lowest BCUT2D eigenvalue weighted by Gasteiger charge is -2.25. The molecule has 2 aromatic heterocycles. The van der Waals surface area contributed by atoms with Crippen molar-refractivity contribution >= 4 is 40.0 Å². The van der Waals surface area contributed by atoms with Crippen LogP contribution in [0.2, 0.25) is 0 Å². The zero-order valence-electron chi connectivity index (χ0n) is 23.8. The van der Waals surface area contributed by atoms with Crippen LogP contribution >= 0.6 is 11.3 Å². The molecule has 0 atom stereocenters. The molecule has 3 heterocycles. The summed E-state index contributed by atoms with van der Waals surface area (Å²) in [5, 5.41) is 10.1. The fraction of sp³-hybridized carbons (Fsp3) is 0.0526. The molecule has 0 saturated carbocycles. The maximum Gasteiger partial charge on any atom is 0.180 e. The molecule has 0 bridgehead atoms. The van der Waals surface area contributed by atoms with Gasteiger partial charge in [0.15, 0.2) is 11.5 Å². The summed E-state index contributed by atoms with van der Waals surface area (Å²) in [6.45, 7) is 0.948. The minimum absolute atomic E-state index is 0.467. The number of pyridine rings is 1. The number of ether oxygens (including phenoxy) is 2. The highest BCUT2D eigenvalue weighted by Gasteiger charge is 2.25. The van der Waals surface area contributed by atoms with Gasteiger partial charge in [-0.2, -0.15) is 5.26 Å². The Morgan fingerprint density at radius 1 is 0.659 bits per heavy atom. The van der Waals surface area contributed by atoms with Crippen molar-refractivity contribution in [2.75, 3.05) is 18.1 Å². The van der Waals surface area contributed by atoms with Gasteiger partial charge in [0.25, 0.3) is 0 Å². The lowest BCUT2D eigenvalue weighted by atomic mass is 10.0. The highest BCUT2D eigenvalue weighted by molar-refractivity contribution is 7.17. The molecule has 0 N–H and O–H groups in total. The second-order valence-corrected chi connectivity index (χ2v) is 11.2. The van der Waals surface area contributed by atoms with E-state index >= 15 is 0 Å². The highest BCUT2D eigenvalue weighted by Crippen LogP contribution is 2.51. The van der Waals surface area contributed by atoms with Gasteiger partial charge in [0.2, 0.25) is 0 Å². The van der Waals surface area contributed by atoms with Gasteiger partial charge in [-0.1, -0.05) is 72.8 Å². The number of fused-ring (bicyclic) bond motifs is 1.